The fourth-order valence-electron chi connectivity index (χ4n) is 2.56. The van der Waals surface area contributed by atoms with Gasteiger partial charge in [-0.05, 0) is 42.5 Å². The molecule has 0 spiro atoms. The number of thiophene rings is 1. The van der Waals surface area contributed by atoms with Crippen LogP contribution in [-0.4, -0.2) is 15.5 Å². The third-order valence-electron chi connectivity index (χ3n) is 3.79. The number of hydrogen-bond acceptors (Lipinski definition) is 3. The minimum atomic E-state index is -0.913. The molecule has 2 nitrogen and oxygen atoms in total. The first-order valence-corrected chi connectivity index (χ1v) is 8.38. The summed E-state index contributed by atoms with van der Waals surface area (Å²) in [7, 11) is -0.913. The van der Waals surface area contributed by atoms with Crippen molar-refractivity contribution in [2.45, 2.75) is 48.6 Å². The number of hydrogen-bond donors (Lipinski definition) is 1. The Kier molecular flexibility index (Phi) is 4.39. The maximum atomic E-state index is 12.5. The van der Waals surface area contributed by atoms with Crippen molar-refractivity contribution in [1.29, 1.82) is 0 Å². The van der Waals surface area contributed by atoms with Crippen LogP contribution in [0.1, 0.15) is 33.1 Å². The molecule has 1 aromatic rings. The second-order valence-electron chi connectivity index (χ2n) is 5.25. The minimum Gasteiger partial charge on any atom is -0.327 e. The van der Waals surface area contributed by atoms with E-state index in [4.69, 9.17) is 5.73 Å². The average Bonchev–Trinajstić information content (AvgIpc) is 2.81. The van der Waals surface area contributed by atoms with Crippen LogP contribution in [0.4, 0.5) is 0 Å². The molecule has 2 rings (SSSR count). The van der Waals surface area contributed by atoms with Crippen molar-refractivity contribution in [3.63, 3.8) is 0 Å². The molecule has 0 aliphatic heterocycles. The number of rotatable bonds is 3. The van der Waals surface area contributed by atoms with Gasteiger partial charge in [0.1, 0.15) is 0 Å². The predicted octanol–water partition coefficient (Wildman–Crippen LogP) is 3.01. The highest BCUT2D eigenvalue weighted by atomic mass is 32.2. The van der Waals surface area contributed by atoms with Crippen LogP contribution in [0.2, 0.25) is 0 Å². The van der Waals surface area contributed by atoms with Gasteiger partial charge in [0.25, 0.3) is 0 Å². The Morgan fingerprint density at radius 3 is 2.82 bits per heavy atom. The van der Waals surface area contributed by atoms with Gasteiger partial charge in [-0.1, -0.05) is 19.9 Å². The largest absolute Gasteiger partial charge is 0.327 e. The number of nitrogens with two attached hydrogens (primary N) is 1. The topological polar surface area (TPSA) is 43.1 Å². The Labute approximate surface area is 110 Å². The molecule has 1 fully saturated rings. The Morgan fingerprint density at radius 1 is 1.47 bits per heavy atom. The van der Waals surface area contributed by atoms with Crippen molar-refractivity contribution in [2.75, 3.05) is 0 Å². The summed E-state index contributed by atoms with van der Waals surface area (Å²) < 4.78 is 13.5. The molecule has 0 radical (unpaired) electrons. The lowest BCUT2D eigenvalue weighted by molar-refractivity contribution is 0.264. The molecule has 0 saturated heterocycles. The Balaban J connectivity index is 2.10. The van der Waals surface area contributed by atoms with Crippen LogP contribution in [0.15, 0.2) is 21.7 Å². The summed E-state index contributed by atoms with van der Waals surface area (Å²) in [5.74, 6) is 1.36. The standard InChI is InChI=1S/C13H21NOS2/c1-9(2)10-5-6-11(14)12(8-10)17(15)13-4-3-7-16-13/h3-4,7,9-12H,5-6,8,14H2,1-2H3. The summed E-state index contributed by atoms with van der Waals surface area (Å²) >= 11 is 1.58. The van der Waals surface area contributed by atoms with E-state index in [0.717, 1.165) is 17.1 Å². The summed E-state index contributed by atoms with van der Waals surface area (Å²) in [5.41, 5.74) is 6.16. The molecule has 17 heavy (non-hydrogen) atoms. The molecule has 1 heterocycles. The van der Waals surface area contributed by atoms with E-state index in [2.05, 4.69) is 13.8 Å². The van der Waals surface area contributed by atoms with Gasteiger partial charge in [0.05, 0.1) is 20.3 Å². The van der Waals surface area contributed by atoms with E-state index in [0.29, 0.717) is 11.8 Å². The summed E-state index contributed by atoms with van der Waals surface area (Å²) in [6.45, 7) is 4.51. The van der Waals surface area contributed by atoms with Gasteiger partial charge in [-0.3, -0.25) is 4.21 Å². The summed E-state index contributed by atoms with van der Waals surface area (Å²) in [5, 5.41) is 2.14. The maximum Gasteiger partial charge on any atom is 0.0914 e. The van der Waals surface area contributed by atoms with E-state index in [1.807, 2.05) is 17.5 Å². The van der Waals surface area contributed by atoms with Gasteiger partial charge in [0, 0.05) is 6.04 Å². The first-order valence-electron chi connectivity index (χ1n) is 6.29. The molecule has 96 valence electrons. The highest BCUT2D eigenvalue weighted by molar-refractivity contribution is 7.88. The van der Waals surface area contributed by atoms with E-state index in [1.54, 1.807) is 11.3 Å². The van der Waals surface area contributed by atoms with Crippen LogP contribution in [0.25, 0.3) is 0 Å². The van der Waals surface area contributed by atoms with Gasteiger partial charge in [0.15, 0.2) is 0 Å². The molecule has 0 bridgehead atoms. The Bertz CT molecular complexity index is 375. The van der Waals surface area contributed by atoms with Gasteiger partial charge in [-0.25, -0.2) is 0 Å². The molecular weight excluding hydrogens is 250 g/mol. The van der Waals surface area contributed by atoms with Crippen LogP contribution in [0.3, 0.4) is 0 Å². The summed E-state index contributed by atoms with van der Waals surface area (Å²) in [6, 6.07) is 4.03. The zero-order valence-electron chi connectivity index (χ0n) is 10.5. The zero-order chi connectivity index (χ0) is 12.4. The van der Waals surface area contributed by atoms with Crippen LogP contribution in [-0.2, 0) is 10.8 Å². The van der Waals surface area contributed by atoms with Gasteiger partial charge in [-0.2, -0.15) is 0 Å². The quantitative estimate of drug-likeness (QED) is 0.918. The summed E-state index contributed by atoms with van der Waals surface area (Å²) in [6.07, 6.45) is 3.23. The third-order valence-corrected chi connectivity index (χ3v) is 6.86. The SMILES string of the molecule is CC(C)C1CCC(N)C(S(=O)c2cccs2)C1. The smallest absolute Gasteiger partial charge is 0.0914 e. The lowest BCUT2D eigenvalue weighted by Crippen LogP contribution is -2.43. The molecule has 1 aliphatic rings. The second kappa shape index (κ2) is 5.63. The van der Waals surface area contributed by atoms with Crippen molar-refractivity contribution < 1.29 is 4.21 Å². The van der Waals surface area contributed by atoms with Crippen LogP contribution < -0.4 is 5.73 Å². The molecule has 0 aromatic carbocycles. The first kappa shape index (κ1) is 13.2. The Morgan fingerprint density at radius 2 is 2.24 bits per heavy atom. The molecule has 4 unspecified atom stereocenters. The van der Waals surface area contributed by atoms with Crippen LogP contribution in [0.5, 0.6) is 0 Å². The monoisotopic (exact) mass is 271 g/mol. The van der Waals surface area contributed by atoms with Crippen molar-refractivity contribution in [1.82, 2.24) is 0 Å². The predicted molar refractivity (Wildman–Crippen MR) is 74.7 cm³/mol. The van der Waals surface area contributed by atoms with Crippen molar-refractivity contribution in [3.8, 4) is 0 Å². The molecule has 4 heteroatoms. The molecule has 0 amide bonds. The maximum absolute atomic E-state index is 12.5. The molecule has 1 aliphatic carbocycles. The average molecular weight is 271 g/mol. The van der Waals surface area contributed by atoms with E-state index in [9.17, 15) is 4.21 Å². The molecule has 2 N–H and O–H groups in total. The molecule has 1 saturated carbocycles. The van der Waals surface area contributed by atoms with Crippen LogP contribution in [0, 0.1) is 11.8 Å². The second-order valence-corrected chi connectivity index (χ2v) is 8.10. The van der Waals surface area contributed by atoms with E-state index >= 15 is 0 Å². The highest BCUT2D eigenvalue weighted by Crippen LogP contribution is 2.34. The van der Waals surface area contributed by atoms with E-state index in [-0.39, 0.29) is 11.3 Å². The van der Waals surface area contributed by atoms with Gasteiger partial charge >= 0.3 is 0 Å². The van der Waals surface area contributed by atoms with Crippen molar-refractivity contribution in [3.05, 3.63) is 17.5 Å². The van der Waals surface area contributed by atoms with Crippen molar-refractivity contribution in [2.24, 2.45) is 17.6 Å². The van der Waals surface area contributed by atoms with E-state index in [1.165, 1.54) is 6.42 Å². The normalized spacial score (nSPS) is 31.6. The third kappa shape index (κ3) is 2.98. The lowest BCUT2D eigenvalue weighted by atomic mass is 9.79. The highest BCUT2D eigenvalue weighted by Gasteiger charge is 2.34. The minimum absolute atomic E-state index is 0.105. The van der Waals surface area contributed by atoms with Gasteiger partial charge in [-0.15, -0.1) is 11.3 Å². The fourth-order valence-corrected chi connectivity index (χ4v) is 5.31. The van der Waals surface area contributed by atoms with Crippen LogP contribution >= 0.6 is 11.3 Å². The molecule has 4 atom stereocenters. The first-order chi connectivity index (χ1) is 8.09. The molecule has 1 aromatic heterocycles. The van der Waals surface area contributed by atoms with Gasteiger partial charge < -0.3 is 5.73 Å². The van der Waals surface area contributed by atoms with E-state index < -0.39 is 10.8 Å². The molecular formula is C13H21NOS2. The lowest BCUT2D eigenvalue weighted by Gasteiger charge is -2.35. The fraction of sp³-hybridized carbons (Fsp3) is 0.692. The summed E-state index contributed by atoms with van der Waals surface area (Å²) in [4.78, 5) is 0. The zero-order valence-corrected chi connectivity index (χ0v) is 12.1. The van der Waals surface area contributed by atoms with Crippen molar-refractivity contribution >= 4 is 22.1 Å². The van der Waals surface area contributed by atoms with Gasteiger partial charge in [0.2, 0.25) is 0 Å². The Hall–Kier alpha value is -0.190.